The number of phenolic OH excluding ortho intramolecular Hbond substituents is 1. The number of ether oxygens (including phenoxy) is 2. The van der Waals surface area contributed by atoms with E-state index in [1.54, 1.807) is 7.11 Å². The Bertz CT molecular complexity index is 676. The summed E-state index contributed by atoms with van der Waals surface area (Å²) in [6.07, 6.45) is 5.81. The van der Waals surface area contributed by atoms with Gasteiger partial charge in [-0.2, -0.15) is 0 Å². The van der Waals surface area contributed by atoms with Gasteiger partial charge < -0.3 is 19.7 Å². The van der Waals surface area contributed by atoms with Gasteiger partial charge in [-0.1, -0.05) is 24.3 Å². The normalized spacial score (nSPS) is 17.8. The van der Waals surface area contributed by atoms with Crippen molar-refractivity contribution in [1.29, 1.82) is 0 Å². The zero-order valence-electron chi connectivity index (χ0n) is 14.0. The van der Waals surface area contributed by atoms with Gasteiger partial charge in [0.2, 0.25) is 0 Å². The molecule has 1 aromatic carbocycles. The molecule has 2 rings (SSSR count). The molecule has 1 heterocycles. The van der Waals surface area contributed by atoms with Crippen molar-refractivity contribution in [2.24, 2.45) is 0 Å². The molecule has 0 bridgehead atoms. The number of halogens is 1. The van der Waals surface area contributed by atoms with Crippen molar-refractivity contribution in [1.82, 2.24) is 0 Å². The quantitative estimate of drug-likeness (QED) is 0.626. The van der Waals surface area contributed by atoms with E-state index in [2.05, 4.69) is 42.2 Å². The van der Waals surface area contributed by atoms with Crippen molar-refractivity contribution in [3.8, 4) is 11.5 Å². The van der Waals surface area contributed by atoms with E-state index in [0.29, 0.717) is 12.4 Å². The first-order valence-electron chi connectivity index (χ1n) is 7.80. The van der Waals surface area contributed by atoms with Crippen LogP contribution in [0.15, 0.2) is 41.5 Å². The first kappa shape index (κ1) is 19.0. The molecule has 1 aromatic rings. The van der Waals surface area contributed by atoms with Gasteiger partial charge in [0.05, 0.1) is 30.0 Å². The van der Waals surface area contributed by atoms with E-state index in [9.17, 15) is 10.2 Å². The topological polar surface area (TPSA) is 58.9 Å². The van der Waals surface area contributed by atoms with Gasteiger partial charge in [0.15, 0.2) is 11.5 Å². The standard InChI is InChI=1S/C19H23IO4/c1-12(4-5-17-15(6-7-24-17)13(2)11-21)8-14-9-16(20)19(22)18(10-14)23-3/h6,8-10,17,21-22H,2,4-5,7,11H2,1,3H3/b12-8+. The van der Waals surface area contributed by atoms with Crippen molar-refractivity contribution in [3.63, 3.8) is 0 Å². The fraction of sp³-hybridized carbons (Fsp3) is 0.368. The molecular weight excluding hydrogens is 419 g/mol. The number of allylic oxidation sites excluding steroid dienone is 1. The van der Waals surface area contributed by atoms with Gasteiger partial charge in [0.1, 0.15) is 0 Å². The zero-order chi connectivity index (χ0) is 17.7. The average molecular weight is 442 g/mol. The van der Waals surface area contributed by atoms with Crippen LogP contribution in [0.3, 0.4) is 0 Å². The predicted octanol–water partition coefficient (Wildman–Crippen LogP) is 4.06. The minimum absolute atomic E-state index is 0.00231. The van der Waals surface area contributed by atoms with Crippen LogP contribution in [0, 0.1) is 3.57 Å². The Morgan fingerprint density at radius 3 is 2.92 bits per heavy atom. The molecule has 4 nitrogen and oxygen atoms in total. The van der Waals surface area contributed by atoms with E-state index >= 15 is 0 Å². The Hall–Kier alpha value is -1.31. The van der Waals surface area contributed by atoms with Crippen LogP contribution in [0.1, 0.15) is 25.3 Å². The molecule has 24 heavy (non-hydrogen) atoms. The average Bonchev–Trinajstić information content (AvgIpc) is 3.03. The molecule has 5 heteroatoms. The molecule has 2 N–H and O–H groups in total. The zero-order valence-corrected chi connectivity index (χ0v) is 16.2. The minimum Gasteiger partial charge on any atom is -0.504 e. The molecular formula is C19H23IO4. The Morgan fingerprint density at radius 2 is 2.25 bits per heavy atom. The fourth-order valence-electron chi connectivity index (χ4n) is 2.73. The molecule has 1 unspecified atom stereocenters. The summed E-state index contributed by atoms with van der Waals surface area (Å²) < 4.78 is 11.7. The van der Waals surface area contributed by atoms with Crippen LogP contribution >= 0.6 is 22.6 Å². The summed E-state index contributed by atoms with van der Waals surface area (Å²) in [5.74, 6) is 0.647. The van der Waals surface area contributed by atoms with Gasteiger partial charge in [-0.15, -0.1) is 0 Å². The van der Waals surface area contributed by atoms with Crippen LogP contribution in [0.5, 0.6) is 11.5 Å². The van der Waals surface area contributed by atoms with Crippen molar-refractivity contribution < 1.29 is 19.7 Å². The Morgan fingerprint density at radius 1 is 1.50 bits per heavy atom. The largest absolute Gasteiger partial charge is 0.504 e. The van der Waals surface area contributed by atoms with Gasteiger partial charge in [-0.3, -0.25) is 0 Å². The van der Waals surface area contributed by atoms with Crippen molar-refractivity contribution in [3.05, 3.63) is 50.6 Å². The molecule has 0 saturated carbocycles. The van der Waals surface area contributed by atoms with Gasteiger partial charge >= 0.3 is 0 Å². The first-order valence-corrected chi connectivity index (χ1v) is 8.88. The number of aliphatic hydroxyl groups is 1. The van der Waals surface area contributed by atoms with E-state index in [1.807, 2.05) is 18.2 Å². The molecule has 1 atom stereocenters. The summed E-state index contributed by atoms with van der Waals surface area (Å²) in [5.41, 5.74) is 3.96. The predicted molar refractivity (Wildman–Crippen MR) is 104 cm³/mol. The maximum absolute atomic E-state index is 9.90. The second-order valence-corrected chi connectivity index (χ2v) is 6.99. The third kappa shape index (κ3) is 4.62. The van der Waals surface area contributed by atoms with Crippen molar-refractivity contribution in [2.45, 2.75) is 25.9 Å². The van der Waals surface area contributed by atoms with Crippen molar-refractivity contribution in [2.75, 3.05) is 20.3 Å². The summed E-state index contributed by atoms with van der Waals surface area (Å²) in [4.78, 5) is 0. The summed E-state index contributed by atoms with van der Waals surface area (Å²) in [7, 11) is 1.55. The monoisotopic (exact) mass is 442 g/mol. The molecule has 1 aliphatic rings. The number of methoxy groups -OCH3 is 1. The van der Waals surface area contributed by atoms with Crippen LogP contribution in [-0.2, 0) is 4.74 Å². The van der Waals surface area contributed by atoms with Gasteiger partial charge in [-0.25, -0.2) is 0 Å². The van der Waals surface area contributed by atoms with Crippen LogP contribution in [0.4, 0.5) is 0 Å². The first-order chi connectivity index (χ1) is 11.5. The van der Waals surface area contributed by atoms with E-state index < -0.39 is 0 Å². The lowest BCUT2D eigenvalue weighted by Gasteiger charge is -2.16. The number of benzene rings is 1. The number of phenols is 1. The smallest absolute Gasteiger partial charge is 0.171 e. The van der Waals surface area contributed by atoms with Crippen molar-refractivity contribution >= 4 is 28.7 Å². The Balaban J connectivity index is 2.04. The minimum atomic E-state index is -0.0355. The molecule has 0 radical (unpaired) electrons. The lowest BCUT2D eigenvalue weighted by atomic mass is 9.97. The summed E-state index contributed by atoms with van der Waals surface area (Å²) >= 11 is 2.09. The molecule has 0 saturated heterocycles. The number of hydrogen-bond donors (Lipinski definition) is 2. The highest BCUT2D eigenvalue weighted by Gasteiger charge is 2.21. The maximum Gasteiger partial charge on any atom is 0.171 e. The van der Waals surface area contributed by atoms with Crippen LogP contribution in [0.25, 0.3) is 6.08 Å². The molecule has 130 valence electrons. The second-order valence-electron chi connectivity index (χ2n) is 5.83. The van der Waals surface area contributed by atoms with E-state index in [0.717, 1.165) is 33.1 Å². The Labute approximate surface area is 156 Å². The summed E-state index contributed by atoms with van der Waals surface area (Å²) in [6.45, 7) is 6.50. The van der Waals surface area contributed by atoms with E-state index in [4.69, 9.17) is 9.47 Å². The van der Waals surface area contributed by atoms with Gasteiger partial charge in [0.25, 0.3) is 0 Å². The van der Waals surface area contributed by atoms with Crippen LogP contribution in [0.2, 0.25) is 0 Å². The van der Waals surface area contributed by atoms with E-state index in [-0.39, 0.29) is 18.5 Å². The number of hydrogen-bond acceptors (Lipinski definition) is 4. The lowest BCUT2D eigenvalue weighted by molar-refractivity contribution is 0.116. The molecule has 1 aliphatic heterocycles. The summed E-state index contributed by atoms with van der Waals surface area (Å²) in [6, 6.07) is 3.75. The SMILES string of the molecule is C=C(CO)C1=CCOC1CC/C(C)=C/c1cc(I)c(O)c(OC)c1. The summed E-state index contributed by atoms with van der Waals surface area (Å²) in [5, 5.41) is 19.1. The lowest BCUT2D eigenvalue weighted by Crippen LogP contribution is -2.12. The third-order valence-electron chi connectivity index (χ3n) is 4.03. The highest BCUT2D eigenvalue weighted by molar-refractivity contribution is 14.1. The molecule has 0 amide bonds. The maximum atomic E-state index is 9.90. The highest BCUT2D eigenvalue weighted by atomic mass is 127. The number of aromatic hydroxyl groups is 1. The second kappa shape index (κ2) is 8.69. The third-order valence-corrected chi connectivity index (χ3v) is 4.85. The van der Waals surface area contributed by atoms with Crippen LogP contribution in [-0.4, -0.2) is 36.6 Å². The molecule has 0 aromatic heterocycles. The Kier molecular flexibility index (Phi) is 6.89. The van der Waals surface area contributed by atoms with E-state index in [1.165, 1.54) is 5.57 Å². The molecule has 0 spiro atoms. The fourth-order valence-corrected chi connectivity index (χ4v) is 3.35. The van der Waals surface area contributed by atoms with Gasteiger partial charge in [-0.05, 0) is 71.2 Å². The molecule has 0 aliphatic carbocycles. The number of aliphatic hydroxyl groups excluding tert-OH is 1. The highest BCUT2D eigenvalue weighted by Crippen LogP contribution is 2.33. The van der Waals surface area contributed by atoms with Gasteiger partial charge in [0, 0.05) is 0 Å². The molecule has 0 fully saturated rings. The van der Waals surface area contributed by atoms with Crippen LogP contribution < -0.4 is 4.74 Å². The number of rotatable bonds is 7.